The lowest BCUT2D eigenvalue weighted by atomic mass is 10.1. The molecule has 0 aliphatic carbocycles. The monoisotopic (exact) mass is 306 g/mol. The Kier molecular flexibility index (Phi) is 4.20. The average Bonchev–Trinajstić information content (AvgIpc) is 2.99. The summed E-state index contributed by atoms with van der Waals surface area (Å²) in [6.45, 7) is 6.08. The zero-order valence-corrected chi connectivity index (χ0v) is 13.8. The Morgan fingerprint density at radius 3 is 2.70 bits per heavy atom. The predicted molar refractivity (Wildman–Crippen MR) is 95.8 cm³/mol. The lowest BCUT2D eigenvalue weighted by molar-refractivity contribution is -0.118. The molecule has 1 N–H and O–H groups in total. The van der Waals surface area contributed by atoms with Crippen LogP contribution >= 0.6 is 0 Å². The molecule has 23 heavy (non-hydrogen) atoms. The van der Waals surface area contributed by atoms with Crippen molar-refractivity contribution in [2.24, 2.45) is 0 Å². The fourth-order valence-corrected chi connectivity index (χ4v) is 2.85. The maximum absolute atomic E-state index is 12.6. The van der Waals surface area contributed by atoms with Crippen LogP contribution in [0.3, 0.4) is 0 Å². The third-order valence-corrected chi connectivity index (χ3v) is 4.39. The Hall–Kier alpha value is -2.55. The maximum Gasteiger partial charge on any atom is 0.247 e. The van der Waals surface area contributed by atoms with Crippen molar-refractivity contribution < 1.29 is 4.79 Å². The Morgan fingerprint density at radius 1 is 1.17 bits per heavy atom. The van der Waals surface area contributed by atoms with Crippen LogP contribution in [0.4, 0.5) is 5.69 Å². The van der Waals surface area contributed by atoms with Gasteiger partial charge in [0.1, 0.15) is 6.04 Å². The molecule has 0 radical (unpaired) electrons. The number of fused-ring (bicyclic) bond motifs is 1. The van der Waals surface area contributed by atoms with Gasteiger partial charge in [0.2, 0.25) is 5.91 Å². The average molecular weight is 306 g/mol. The van der Waals surface area contributed by atoms with E-state index in [1.807, 2.05) is 48.9 Å². The highest BCUT2D eigenvalue weighted by molar-refractivity contribution is 5.95. The summed E-state index contributed by atoms with van der Waals surface area (Å²) in [6, 6.07) is 16.1. The van der Waals surface area contributed by atoms with E-state index in [0.29, 0.717) is 0 Å². The number of carbonyl (C=O) groups is 1. The SMILES string of the molecule is CCc1ccc2c(ccn2C(C)C(=O)Nc2ccccc2C)c1. The van der Waals surface area contributed by atoms with Gasteiger partial charge in [-0.25, -0.2) is 0 Å². The molecular formula is C20H22N2O. The van der Waals surface area contributed by atoms with Gasteiger partial charge in [0, 0.05) is 17.4 Å². The molecule has 0 bridgehead atoms. The molecule has 0 aliphatic rings. The Morgan fingerprint density at radius 2 is 1.96 bits per heavy atom. The van der Waals surface area contributed by atoms with E-state index >= 15 is 0 Å². The van der Waals surface area contributed by atoms with Crippen molar-refractivity contribution in [3.63, 3.8) is 0 Å². The van der Waals surface area contributed by atoms with E-state index in [2.05, 4.69) is 36.5 Å². The molecule has 0 aliphatic heterocycles. The van der Waals surface area contributed by atoms with Crippen molar-refractivity contribution in [1.82, 2.24) is 4.57 Å². The van der Waals surface area contributed by atoms with E-state index in [1.54, 1.807) is 0 Å². The summed E-state index contributed by atoms with van der Waals surface area (Å²) in [5.41, 5.74) is 4.34. The number of para-hydroxylation sites is 1. The number of hydrogen-bond acceptors (Lipinski definition) is 1. The molecule has 1 amide bonds. The van der Waals surface area contributed by atoms with Crippen LogP contribution in [0, 0.1) is 6.92 Å². The van der Waals surface area contributed by atoms with Crippen LogP contribution in [-0.2, 0) is 11.2 Å². The second-order valence-electron chi connectivity index (χ2n) is 5.95. The van der Waals surface area contributed by atoms with E-state index in [9.17, 15) is 4.79 Å². The van der Waals surface area contributed by atoms with Gasteiger partial charge in [0.25, 0.3) is 0 Å². The van der Waals surface area contributed by atoms with Gasteiger partial charge in [-0.3, -0.25) is 4.79 Å². The van der Waals surface area contributed by atoms with Crippen molar-refractivity contribution in [2.45, 2.75) is 33.2 Å². The Labute approximate surface area is 136 Å². The first kappa shape index (κ1) is 15.3. The number of aryl methyl sites for hydroxylation is 2. The van der Waals surface area contributed by atoms with Crippen LogP contribution < -0.4 is 5.32 Å². The number of rotatable bonds is 4. The number of carbonyl (C=O) groups excluding carboxylic acids is 1. The molecule has 0 fully saturated rings. The second kappa shape index (κ2) is 6.29. The summed E-state index contributed by atoms with van der Waals surface area (Å²) < 4.78 is 2.03. The minimum absolute atomic E-state index is 0.00336. The van der Waals surface area contributed by atoms with Crippen LogP contribution in [0.2, 0.25) is 0 Å². The highest BCUT2D eigenvalue weighted by Crippen LogP contribution is 2.23. The van der Waals surface area contributed by atoms with E-state index < -0.39 is 0 Å². The largest absolute Gasteiger partial charge is 0.335 e. The fraction of sp³-hybridized carbons (Fsp3) is 0.250. The van der Waals surface area contributed by atoms with Crippen LogP contribution in [0.15, 0.2) is 54.7 Å². The minimum Gasteiger partial charge on any atom is -0.335 e. The van der Waals surface area contributed by atoms with E-state index in [0.717, 1.165) is 23.2 Å². The van der Waals surface area contributed by atoms with E-state index in [-0.39, 0.29) is 11.9 Å². The lowest BCUT2D eigenvalue weighted by Gasteiger charge is -2.16. The molecule has 3 rings (SSSR count). The summed E-state index contributed by atoms with van der Waals surface area (Å²) in [6.07, 6.45) is 3.01. The number of nitrogens with one attached hydrogen (secondary N) is 1. The van der Waals surface area contributed by atoms with Gasteiger partial charge >= 0.3 is 0 Å². The number of anilines is 1. The van der Waals surface area contributed by atoms with Gasteiger partial charge in [0.05, 0.1) is 0 Å². The van der Waals surface area contributed by atoms with E-state index in [1.165, 1.54) is 10.9 Å². The highest BCUT2D eigenvalue weighted by Gasteiger charge is 2.17. The summed E-state index contributed by atoms with van der Waals surface area (Å²) in [4.78, 5) is 12.6. The van der Waals surface area contributed by atoms with Crippen molar-refractivity contribution in [3.05, 3.63) is 65.9 Å². The molecule has 1 atom stereocenters. The third-order valence-electron chi connectivity index (χ3n) is 4.39. The summed E-state index contributed by atoms with van der Waals surface area (Å²) in [5.74, 6) is -0.00336. The normalized spacial score (nSPS) is 12.3. The number of benzene rings is 2. The van der Waals surface area contributed by atoms with E-state index in [4.69, 9.17) is 0 Å². The van der Waals surface area contributed by atoms with Gasteiger partial charge in [-0.1, -0.05) is 31.2 Å². The molecule has 3 heteroatoms. The van der Waals surface area contributed by atoms with Crippen molar-refractivity contribution in [1.29, 1.82) is 0 Å². The standard InChI is InChI=1S/C20H22N2O/c1-4-16-9-10-19-17(13-16)11-12-22(19)15(3)20(23)21-18-8-6-5-7-14(18)2/h5-13,15H,4H2,1-3H3,(H,21,23). The zero-order chi connectivity index (χ0) is 16.4. The van der Waals surface area contributed by atoms with Crippen molar-refractivity contribution >= 4 is 22.5 Å². The van der Waals surface area contributed by atoms with Gasteiger partial charge in [-0.15, -0.1) is 0 Å². The number of hydrogen-bond donors (Lipinski definition) is 1. The molecule has 2 aromatic carbocycles. The Bertz CT molecular complexity index is 848. The van der Waals surface area contributed by atoms with Gasteiger partial charge in [-0.05, 0) is 61.0 Å². The van der Waals surface area contributed by atoms with Crippen LogP contribution in [0.5, 0.6) is 0 Å². The van der Waals surface area contributed by atoms with Crippen LogP contribution in [-0.4, -0.2) is 10.5 Å². The van der Waals surface area contributed by atoms with Crippen LogP contribution in [0.25, 0.3) is 10.9 Å². The predicted octanol–water partition coefficient (Wildman–Crippen LogP) is 4.71. The van der Waals surface area contributed by atoms with Gasteiger partial charge in [-0.2, -0.15) is 0 Å². The number of nitrogens with zero attached hydrogens (tertiary/aromatic N) is 1. The second-order valence-corrected chi connectivity index (χ2v) is 5.95. The first-order valence-corrected chi connectivity index (χ1v) is 8.06. The zero-order valence-electron chi connectivity index (χ0n) is 13.8. The first-order chi connectivity index (χ1) is 11.1. The molecule has 3 aromatic rings. The smallest absolute Gasteiger partial charge is 0.247 e. The molecule has 0 saturated heterocycles. The third kappa shape index (κ3) is 3.00. The lowest BCUT2D eigenvalue weighted by Crippen LogP contribution is -2.23. The maximum atomic E-state index is 12.6. The minimum atomic E-state index is -0.264. The molecule has 1 unspecified atom stereocenters. The number of amides is 1. The first-order valence-electron chi connectivity index (χ1n) is 8.06. The molecule has 1 heterocycles. The molecule has 0 saturated carbocycles. The highest BCUT2D eigenvalue weighted by atomic mass is 16.2. The van der Waals surface area contributed by atoms with Gasteiger partial charge in [0.15, 0.2) is 0 Å². The summed E-state index contributed by atoms with van der Waals surface area (Å²) in [7, 11) is 0. The molecule has 3 nitrogen and oxygen atoms in total. The number of aromatic nitrogens is 1. The topological polar surface area (TPSA) is 34.0 Å². The molecule has 118 valence electrons. The summed E-state index contributed by atoms with van der Waals surface area (Å²) in [5, 5.41) is 4.21. The molecule has 1 aromatic heterocycles. The fourth-order valence-electron chi connectivity index (χ4n) is 2.85. The van der Waals surface area contributed by atoms with Crippen molar-refractivity contribution in [3.8, 4) is 0 Å². The van der Waals surface area contributed by atoms with Crippen molar-refractivity contribution in [2.75, 3.05) is 5.32 Å². The molecule has 0 spiro atoms. The molecular weight excluding hydrogens is 284 g/mol. The van der Waals surface area contributed by atoms with Crippen LogP contribution in [0.1, 0.15) is 31.0 Å². The summed E-state index contributed by atoms with van der Waals surface area (Å²) >= 11 is 0. The quantitative estimate of drug-likeness (QED) is 0.744. The van der Waals surface area contributed by atoms with Gasteiger partial charge < -0.3 is 9.88 Å². The Balaban J connectivity index is 1.86.